The molecule has 3 heteroatoms. The summed E-state index contributed by atoms with van der Waals surface area (Å²) >= 11 is 0. The predicted molar refractivity (Wildman–Crippen MR) is 41.6 cm³/mol. The van der Waals surface area contributed by atoms with Gasteiger partial charge in [-0.2, -0.15) is 0 Å². The lowest BCUT2D eigenvalue weighted by molar-refractivity contribution is 0.282. The smallest absolute Gasteiger partial charge is 0.0785 e. The van der Waals surface area contributed by atoms with Crippen molar-refractivity contribution in [1.29, 1.82) is 0 Å². The Kier molecular flexibility index (Phi) is 20.0. The molecule has 0 heterocycles. The van der Waals surface area contributed by atoms with Crippen LogP contribution in [0.25, 0.3) is 0 Å². The number of aliphatic hydroxyl groups is 1. The average molecular weight is 151 g/mol. The van der Waals surface area contributed by atoms with Crippen LogP contribution in [0.5, 0.6) is 0 Å². The Morgan fingerprint density at radius 1 is 1.10 bits per heavy atom. The number of nitrogens with two attached hydrogens (primary N) is 1. The van der Waals surface area contributed by atoms with Crippen LogP contribution in [-0.4, -0.2) is 25.4 Å². The highest BCUT2D eigenvalue weighted by atomic mass is 19.1. The predicted octanol–water partition coefficient (Wildman–Crippen LogP) is 1.08. The molecular weight excluding hydrogens is 133 g/mol. The molecule has 0 spiro atoms. The first-order chi connectivity index (χ1) is 4.91. The topological polar surface area (TPSA) is 46.2 Å². The van der Waals surface area contributed by atoms with Crippen LogP contribution in [0.15, 0.2) is 0 Å². The number of aliphatic hydroxyl groups excluding tert-OH is 1. The van der Waals surface area contributed by atoms with Crippen molar-refractivity contribution in [2.45, 2.75) is 25.7 Å². The summed E-state index contributed by atoms with van der Waals surface area (Å²) in [4.78, 5) is 0. The van der Waals surface area contributed by atoms with E-state index >= 15 is 0 Å². The molecule has 10 heavy (non-hydrogen) atoms. The molecule has 0 aliphatic heterocycles. The fourth-order valence-corrected chi connectivity index (χ4v) is 0.610. The highest BCUT2D eigenvalue weighted by Crippen LogP contribution is 1.95. The maximum absolute atomic E-state index is 9.50. The SMILES string of the molecule is CF.NCCCCCCO. The molecule has 0 saturated carbocycles. The molecule has 0 aromatic carbocycles. The lowest BCUT2D eigenvalue weighted by Gasteiger charge is -1.93. The Hall–Kier alpha value is -0.150. The molecule has 0 atom stereocenters. The van der Waals surface area contributed by atoms with E-state index in [-0.39, 0.29) is 0 Å². The lowest BCUT2D eigenvalue weighted by atomic mass is 10.2. The summed E-state index contributed by atoms with van der Waals surface area (Å²) in [5.74, 6) is 0. The zero-order valence-electron chi connectivity index (χ0n) is 6.65. The largest absolute Gasteiger partial charge is 0.396 e. The fraction of sp³-hybridized carbons (Fsp3) is 1.00. The van der Waals surface area contributed by atoms with Crippen molar-refractivity contribution < 1.29 is 9.50 Å². The van der Waals surface area contributed by atoms with Crippen molar-refractivity contribution in [1.82, 2.24) is 0 Å². The van der Waals surface area contributed by atoms with E-state index in [1.165, 1.54) is 0 Å². The van der Waals surface area contributed by atoms with Gasteiger partial charge in [0.05, 0.1) is 7.18 Å². The van der Waals surface area contributed by atoms with E-state index < -0.39 is 0 Å². The molecule has 0 unspecified atom stereocenters. The summed E-state index contributed by atoms with van der Waals surface area (Å²) in [7, 11) is 0.500. The van der Waals surface area contributed by atoms with E-state index in [1.54, 1.807) is 0 Å². The molecule has 0 radical (unpaired) electrons. The molecule has 0 aromatic rings. The van der Waals surface area contributed by atoms with Gasteiger partial charge < -0.3 is 10.8 Å². The van der Waals surface area contributed by atoms with Gasteiger partial charge in [-0.1, -0.05) is 12.8 Å². The minimum Gasteiger partial charge on any atom is -0.396 e. The van der Waals surface area contributed by atoms with E-state index in [2.05, 4.69) is 0 Å². The molecule has 0 amide bonds. The number of hydrogen-bond acceptors (Lipinski definition) is 2. The number of halogens is 1. The summed E-state index contributed by atoms with van der Waals surface area (Å²) < 4.78 is 9.50. The van der Waals surface area contributed by atoms with E-state index in [0.717, 1.165) is 32.2 Å². The van der Waals surface area contributed by atoms with Crippen molar-refractivity contribution >= 4 is 0 Å². The molecule has 64 valence electrons. The maximum Gasteiger partial charge on any atom is 0.0785 e. The summed E-state index contributed by atoms with van der Waals surface area (Å²) in [6, 6.07) is 0. The van der Waals surface area contributed by atoms with Gasteiger partial charge in [-0.3, -0.25) is 4.39 Å². The van der Waals surface area contributed by atoms with E-state index in [0.29, 0.717) is 13.8 Å². The van der Waals surface area contributed by atoms with Crippen LogP contribution in [0.4, 0.5) is 4.39 Å². The van der Waals surface area contributed by atoms with Crippen LogP contribution in [0.2, 0.25) is 0 Å². The first-order valence-corrected chi connectivity index (χ1v) is 3.60. The van der Waals surface area contributed by atoms with Crippen LogP contribution in [-0.2, 0) is 0 Å². The summed E-state index contributed by atoms with van der Waals surface area (Å²) in [5, 5.41) is 8.33. The minimum absolute atomic E-state index is 0.324. The zero-order valence-corrected chi connectivity index (χ0v) is 6.65. The van der Waals surface area contributed by atoms with Crippen LogP contribution < -0.4 is 5.73 Å². The number of alkyl halides is 1. The van der Waals surface area contributed by atoms with Gasteiger partial charge >= 0.3 is 0 Å². The van der Waals surface area contributed by atoms with Crippen molar-refractivity contribution in [3.63, 3.8) is 0 Å². The third-order valence-corrected chi connectivity index (χ3v) is 1.11. The van der Waals surface area contributed by atoms with Gasteiger partial charge in [-0.25, -0.2) is 0 Å². The maximum atomic E-state index is 9.50. The van der Waals surface area contributed by atoms with Gasteiger partial charge in [0.1, 0.15) is 0 Å². The van der Waals surface area contributed by atoms with Crippen molar-refractivity contribution in [2.75, 3.05) is 20.3 Å². The standard InChI is InChI=1S/C6H15NO.CH3F/c7-5-3-1-2-4-6-8;1-2/h8H,1-7H2;1H3. The van der Waals surface area contributed by atoms with Crippen molar-refractivity contribution in [3.05, 3.63) is 0 Å². The molecule has 0 rings (SSSR count). The highest BCUT2D eigenvalue weighted by Gasteiger charge is 1.84. The second kappa shape index (κ2) is 15.9. The highest BCUT2D eigenvalue weighted by molar-refractivity contribution is 4.41. The number of hydrogen-bond donors (Lipinski definition) is 2. The molecule has 0 aliphatic rings. The van der Waals surface area contributed by atoms with Gasteiger partial charge in [0.25, 0.3) is 0 Å². The van der Waals surface area contributed by atoms with Gasteiger partial charge in [-0.15, -0.1) is 0 Å². The van der Waals surface area contributed by atoms with Crippen LogP contribution in [0, 0.1) is 0 Å². The number of unbranched alkanes of at least 4 members (excludes halogenated alkanes) is 3. The van der Waals surface area contributed by atoms with Crippen molar-refractivity contribution in [2.24, 2.45) is 5.73 Å². The Morgan fingerprint density at radius 2 is 1.60 bits per heavy atom. The van der Waals surface area contributed by atoms with E-state index in [1.807, 2.05) is 0 Å². The zero-order chi connectivity index (χ0) is 8.24. The fourth-order valence-electron chi connectivity index (χ4n) is 0.610. The van der Waals surface area contributed by atoms with Crippen molar-refractivity contribution in [3.8, 4) is 0 Å². The third kappa shape index (κ3) is 15.7. The van der Waals surface area contributed by atoms with Gasteiger partial charge in [0.2, 0.25) is 0 Å². The first kappa shape index (κ1) is 12.5. The monoisotopic (exact) mass is 151 g/mol. The van der Waals surface area contributed by atoms with Gasteiger partial charge in [0, 0.05) is 6.61 Å². The first-order valence-electron chi connectivity index (χ1n) is 3.60. The molecule has 0 fully saturated rings. The minimum atomic E-state index is 0.324. The van der Waals surface area contributed by atoms with E-state index in [9.17, 15) is 4.39 Å². The molecular formula is C7H18FNO. The summed E-state index contributed by atoms with van der Waals surface area (Å²) in [6.07, 6.45) is 4.31. The molecule has 3 N–H and O–H groups in total. The molecule has 0 aliphatic carbocycles. The Balaban J connectivity index is 0. The average Bonchev–Trinajstić information content (AvgIpc) is 2.02. The third-order valence-electron chi connectivity index (χ3n) is 1.11. The normalized spacial score (nSPS) is 8.40. The van der Waals surface area contributed by atoms with Crippen LogP contribution in [0.3, 0.4) is 0 Å². The van der Waals surface area contributed by atoms with Gasteiger partial charge in [0.15, 0.2) is 0 Å². The van der Waals surface area contributed by atoms with Crippen LogP contribution in [0.1, 0.15) is 25.7 Å². The second-order valence-corrected chi connectivity index (χ2v) is 1.93. The molecule has 0 aromatic heterocycles. The molecule has 0 bridgehead atoms. The van der Waals surface area contributed by atoms with E-state index in [4.69, 9.17) is 10.8 Å². The number of rotatable bonds is 5. The Labute approximate surface area is 62.2 Å². The van der Waals surface area contributed by atoms with Crippen LogP contribution >= 0.6 is 0 Å². The lowest BCUT2D eigenvalue weighted by Crippen LogP contribution is -1.97. The quantitative estimate of drug-likeness (QED) is 0.578. The second-order valence-electron chi connectivity index (χ2n) is 1.93. The Morgan fingerprint density at radius 3 is 2.00 bits per heavy atom. The molecule has 0 saturated heterocycles. The van der Waals surface area contributed by atoms with Gasteiger partial charge in [-0.05, 0) is 19.4 Å². The summed E-state index contributed by atoms with van der Waals surface area (Å²) in [5.41, 5.74) is 5.25. The Bertz CT molecular complexity index is 38.6. The molecule has 2 nitrogen and oxygen atoms in total. The summed E-state index contributed by atoms with van der Waals surface area (Å²) in [6.45, 7) is 1.11.